The Morgan fingerprint density at radius 1 is 1.10 bits per heavy atom. The van der Waals surface area contributed by atoms with Crippen molar-refractivity contribution >= 4 is 28.7 Å². The van der Waals surface area contributed by atoms with Crippen molar-refractivity contribution < 1.29 is 37.4 Å². The lowest BCUT2D eigenvalue weighted by atomic mass is 9.44. The molecule has 8 heteroatoms. The minimum absolute atomic E-state index is 0.112. The summed E-state index contributed by atoms with van der Waals surface area (Å²) in [5.74, 6) is -2.51. The monoisotopic (exact) mass is 530 g/mol. The van der Waals surface area contributed by atoms with E-state index in [0.717, 1.165) is 10.9 Å². The molecule has 1 aromatic carbocycles. The first-order valence-corrected chi connectivity index (χ1v) is 13.1. The lowest BCUT2D eigenvalue weighted by molar-refractivity contribution is -0.174. The van der Waals surface area contributed by atoms with Gasteiger partial charge >= 0.3 is 11.9 Å². The van der Waals surface area contributed by atoms with Crippen LogP contribution in [0.1, 0.15) is 55.1 Å². The second-order valence-electron chi connectivity index (χ2n) is 11.3. The Labute approximate surface area is 225 Å². The highest BCUT2D eigenvalue weighted by Gasteiger charge is 2.65. The Bertz CT molecular complexity index is 1510. The molecular weight excluding hydrogens is 500 g/mol. The van der Waals surface area contributed by atoms with Gasteiger partial charge < -0.3 is 23.0 Å². The highest BCUT2D eigenvalue weighted by molar-refractivity contribution is 6.03. The van der Waals surface area contributed by atoms with Crippen LogP contribution in [0.5, 0.6) is 0 Å². The van der Waals surface area contributed by atoms with E-state index in [4.69, 9.17) is 23.0 Å². The number of esters is 2. The van der Waals surface area contributed by atoms with Crippen LogP contribution in [0.25, 0.3) is 11.0 Å². The van der Waals surface area contributed by atoms with Gasteiger partial charge in [0, 0.05) is 22.8 Å². The number of rotatable bonds is 4. The number of hydrogen-bond acceptors (Lipinski definition) is 8. The van der Waals surface area contributed by atoms with Crippen molar-refractivity contribution in [2.75, 3.05) is 7.11 Å². The van der Waals surface area contributed by atoms with E-state index in [-0.39, 0.29) is 29.1 Å². The van der Waals surface area contributed by atoms with Crippen LogP contribution in [0.2, 0.25) is 0 Å². The van der Waals surface area contributed by atoms with E-state index in [2.05, 4.69) is 13.5 Å². The second kappa shape index (κ2) is 9.00. The zero-order valence-electron chi connectivity index (χ0n) is 22.1. The van der Waals surface area contributed by atoms with E-state index in [9.17, 15) is 14.4 Å². The number of benzene rings is 1. The Morgan fingerprint density at radius 3 is 2.67 bits per heavy atom. The number of allylic oxidation sites excluding steroid dienone is 2. The van der Waals surface area contributed by atoms with Gasteiger partial charge in [-0.05, 0) is 66.5 Å². The van der Waals surface area contributed by atoms with Crippen molar-refractivity contribution in [3.05, 3.63) is 84.4 Å². The van der Waals surface area contributed by atoms with Crippen LogP contribution < -0.4 is 0 Å². The fourth-order valence-electron chi connectivity index (χ4n) is 7.32. The lowest BCUT2D eigenvalue weighted by Gasteiger charge is -2.60. The molecular formula is C31H30O8. The quantitative estimate of drug-likeness (QED) is 0.370. The Hall–Kier alpha value is -4.07. The third-order valence-electron chi connectivity index (χ3n) is 9.19. The molecule has 8 nitrogen and oxygen atoms in total. The van der Waals surface area contributed by atoms with Gasteiger partial charge in [-0.2, -0.15) is 0 Å². The molecule has 1 aliphatic heterocycles. The van der Waals surface area contributed by atoms with Gasteiger partial charge in [0.05, 0.1) is 43.1 Å². The van der Waals surface area contributed by atoms with E-state index in [1.54, 1.807) is 36.8 Å². The molecule has 6 rings (SSSR count). The molecule has 1 saturated carbocycles. The third kappa shape index (κ3) is 3.84. The number of furan rings is 2. The minimum atomic E-state index is -0.773. The van der Waals surface area contributed by atoms with E-state index < -0.39 is 34.6 Å². The number of ketones is 1. The maximum atomic E-state index is 14.3. The molecule has 0 N–H and O–H groups in total. The van der Waals surface area contributed by atoms with Crippen LogP contribution in [-0.4, -0.2) is 24.8 Å². The van der Waals surface area contributed by atoms with Crippen molar-refractivity contribution in [3.63, 3.8) is 0 Å². The molecule has 0 spiro atoms. The largest absolute Gasteiger partial charge is 0.490 e. The molecule has 0 unspecified atom stereocenters. The first-order chi connectivity index (χ1) is 18.7. The van der Waals surface area contributed by atoms with E-state index in [1.165, 1.54) is 19.4 Å². The fraction of sp³-hybridized carbons (Fsp3) is 0.387. The molecule has 2 aromatic heterocycles. The number of carbonyl (C=O) groups excluding carboxylic acids is 3. The summed E-state index contributed by atoms with van der Waals surface area (Å²) in [6, 6.07) is 8.49. The molecule has 0 bridgehead atoms. The van der Waals surface area contributed by atoms with Gasteiger partial charge in [-0.15, -0.1) is 0 Å². The van der Waals surface area contributed by atoms with Gasteiger partial charge in [0.25, 0.3) is 0 Å². The van der Waals surface area contributed by atoms with Crippen molar-refractivity contribution in [2.45, 2.75) is 39.2 Å². The number of ether oxygens (including phenoxy) is 3. The zero-order valence-corrected chi connectivity index (χ0v) is 22.1. The van der Waals surface area contributed by atoms with Crippen molar-refractivity contribution in [1.82, 2.24) is 0 Å². The standard InChI is InChI=1S/C31H30O8/c1-17-21-7-10-30(2)22(29(34)35-4)14-24(39-28(33)19-5-6-23-18(13-19)9-12-37-23)26(32)27(30)31(21,3)15-25(38-17)20-8-11-36-16-20/h5-6,8-9,11-14,16,21-22,25,27H,1,7,10,15H2,2-4H3/t21-,22-,25-,27-,30-,31-/m0/s1. The predicted octanol–water partition coefficient (Wildman–Crippen LogP) is 6.15. The minimum Gasteiger partial charge on any atom is -0.490 e. The van der Waals surface area contributed by atoms with Crippen molar-refractivity contribution in [2.24, 2.45) is 28.6 Å². The first kappa shape index (κ1) is 25.2. The number of fused-ring (bicyclic) bond motifs is 4. The second-order valence-corrected chi connectivity index (χ2v) is 11.3. The molecule has 3 heterocycles. The van der Waals surface area contributed by atoms with Gasteiger partial charge in [0.2, 0.25) is 5.78 Å². The summed E-state index contributed by atoms with van der Waals surface area (Å²) >= 11 is 0. The molecule has 3 aromatic rings. The summed E-state index contributed by atoms with van der Waals surface area (Å²) in [7, 11) is 1.33. The Balaban J connectivity index is 1.40. The van der Waals surface area contributed by atoms with Gasteiger partial charge in [-0.25, -0.2) is 4.79 Å². The molecule has 202 valence electrons. The average molecular weight is 531 g/mol. The predicted molar refractivity (Wildman–Crippen MR) is 139 cm³/mol. The normalized spacial score (nSPS) is 32.0. The van der Waals surface area contributed by atoms with Crippen LogP contribution in [0, 0.1) is 28.6 Å². The molecule has 6 atom stereocenters. The van der Waals surface area contributed by atoms with Crippen LogP contribution in [-0.2, 0) is 23.8 Å². The first-order valence-electron chi connectivity index (χ1n) is 13.1. The smallest absolute Gasteiger partial charge is 0.343 e. The van der Waals surface area contributed by atoms with E-state index in [1.807, 2.05) is 13.0 Å². The third-order valence-corrected chi connectivity index (χ3v) is 9.19. The molecule has 2 aliphatic carbocycles. The van der Waals surface area contributed by atoms with Gasteiger partial charge in [0.15, 0.2) is 5.76 Å². The topological polar surface area (TPSA) is 105 Å². The SMILES string of the molecule is C=C1O[C@H](c2ccoc2)C[C@]2(C)[C@H]3C(=O)C(OC(=O)c4ccc5occc5c4)=C[C@@H](C(=O)OC)[C@]3(C)CC[C@@H]12. The Morgan fingerprint density at radius 2 is 1.92 bits per heavy atom. The highest BCUT2D eigenvalue weighted by atomic mass is 16.5. The zero-order chi connectivity index (χ0) is 27.5. The van der Waals surface area contributed by atoms with Crippen LogP contribution in [0.3, 0.4) is 0 Å². The summed E-state index contributed by atoms with van der Waals surface area (Å²) in [5.41, 5.74) is 0.379. The summed E-state index contributed by atoms with van der Waals surface area (Å²) in [4.78, 5) is 40.7. The van der Waals surface area contributed by atoms with Gasteiger partial charge in [-0.1, -0.05) is 20.4 Å². The summed E-state index contributed by atoms with van der Waals surface area (Å²) in [6.45, 7) is 8.25. The highest BCUT2D eigenvalue weighted by Crippen LogP contribution is 2.66. The molecule has 1 saturated heterocycles. The molecule has 2 fully saturated rings. The molecule has 0 amide bonds. The summed E-state index contributed by atoms with van der Waals surface area (Å²) < 4.78 is 27.8. The number of carbonyl (C=O) groups is 3. The van der Waals surface area contributed by atoms with E-state index >= 15 is 0 Å². The van der Waals surface area contributed by atoms with Crippen molar-refractivity contribution in [1.29, 1.82) is 0 Å². The summed E-state index contributed by atoms with van der Waals surface area (Å²) in [6.07, 6.45) is 7.66. The number of hydrogen-bond donors (Lipinski definition) is 0. The maximum absolute atomic E-state index is 14.3. The van der Waals surface area contributed by atoms with Gasteiger partial charge in [-0.3, -0.25) is 9.59 Å². The molecule has 3 aliphatic rings. The average Bonchev–Trinajstić information content (AvgIpc) is 3.61. The molecule has 39 heavy (non-hydrogen) atoms. The van der Waals surface area contributed by atoms with E-state index in [0.29, 0.717) is 30.6 Å². The van der Waals surface area contributed by atoms with Gasteiger partial charge in [0.1, 0.15) is 11.7 Å². The lowest BCUT2D eigenvalue weighted by Crippen LogP contribution is -2.60. The fourth-order valence-corrected chi connectivity index (χ4v) is 7.32. The van der Waals surface area contributed by atoms with Crippen LogP contribution in [0.4, 0.5) is 0 Å². The van der Waals surface area contributed by atoms with Crippen LogP contribution >= 0.6 is 0 Å². The summed E-state index contributed by atoms with van der Waals surface area (Å²) in [5, 5.41) is 0.738. The van der Waals surface area contributed by atoms with Crippen LogP contribution in [0.15, 0.2) is 82.1 Å². The molecule has 0 radical (unpaired) electrons. The number of methoxy groups -OCH3 is 1. The van der Waals surface area contributed by atoms with Crippen molar-refractivity contribution in [3.8, 4) is 0 Å². The maximum Gasteiger partial charge on any atom is 0.343 e. The number of Topliss-reactive ketones (excluding diaryl/α,β-unsaturated/α-hetero) is 1. The Kier molecular flexibility index (Phi) is 5.82.